The van der Waals surface area contributed by atoms with Gasteiger partial charge in [0.25, 0.3) is 6.43 Å². The molecule has 0 fully saturated rings. The first kappa shape index (κ1) is 13.6. The van der Waals surface area contributed by atoms with Crippen LogP contribution in [0.1, 0.15) is 28.9 Å². The molecule has 0 saturated heterocycles. The van der Waals surface area contributed by atoms with Gasteiger partial charge in [0.1, 0.15) is 5.69 Å². The van der Waals surface area contributed by atoms with E-state index in [1.807, 2.05) is 0 Å². The second-order valence-corrected chi connectivity index (χ2v) is 3.23. The zero-order valence-corrected chi connectivity index (χ0v) is 8.78. The van der Waals surface area contributed by atoms with Gasteiger partial charge in [-0.3, -0.25) is 0 Å². The number of aromatic nitrogens is 1. The topological polar surface area (TPSA) is 36.7 Å². The molecule has 0 aliphatic heterocycles. The Bertz CT molecular complexity index is 464. The molecule has 0 aliphatic carbocycles. The van der Waals surface area contributed by atoms with Crippen molar-refractivity contribution in [2.24, 2.45) is 0 Å². The molecule has 0 aliphatic rings. The summed E-state index contributed by atoms with van der Waals surface area (Å²) in [7, 11) is 0. The van der Waals surface area contributed by atoms with Gasteiger partial charge in [-0.05, 0) is 6.07 Å². The molecule has 1 aromatic heterocycles. The van der Waals surface area contributed by atoms with Gasteiger partial charge >= 0.3 is 6.18 Å². The molecule has 1 rings (SSSR count). The fraction of sp³-hybridized carbons (Fsp3) is 0.333. The standard InChI is InChI=1S/C9H4ClF5N2/c10-2-6-7(9(13,14)15)4(3-16)1-5(17-6)8(11)12/h1,8H,2H2. The summed E-state index contributed by atoms with van der Waals surface area (Å²) in [5, 5.41) is 8.54. The molecule has 8 heteroatoms. The van der Waals surface area contributed by atoms with Crippen molar-refractivity contribution in [2.45, 2.75) is 18.5 Å². The molecule has 0 bridgehead atoms. The summed E-state index contributed by atoms with van der Waals surface area (Å²) >= 11 is 5.23. The number of rotatable bonds is 2. The van der Waals surface area contributed by atoms with Crippen LogP contribution in [0.25, 0.3) is 0 Å². The van der Waals surface area contributed by atoms with Crippen LogP contribution in [0.4, 0.5) is 22.0 Å². The average molecular weight is 271 g/mol. The highest BCUT2D eigenvalue weighted by Gasteiger charge is 2.37. The van der Waals surface area contributed by atoms with Crippen LogP contribution in [-0.2, 0) is 12.1 Å². The number of pyridine rings is 1. The SMILES string of the molecule is N#Cc1cc(C(F)F)nc(CCl)c1C(F)(F)F. The second-order valence-electron chi connectivity index (χ2n) is 2.96. The van der Waals surface area contributed by atoms with Crippen LogP contribution in [-0.4, -0.2) is 4.98 Å². The largest absolute Gasteiger partial charge is 0.419 e. The second kappa shape index (κ2) is 4.84. The van der Waals surface area contributed by atoms with Crippen molar-refractivity contribution in [3.63, 3.8) is 0 Å². The highest BCUT2D eigenvalue weighted by molar-refractivity contribution is 6.17. The first-order valence-corrected chi connectivity index (χ1v) is 4.70. The van der Waals surface area contributed by atoms with E-state index in [2.05, 4.69) is 4.98 Å². The minimum Gasteiger partial charge on any atom is -0.250 e. The summed E-state index contributed by atoms with van der Waals surface area (Å²) < 4.78 is 62.4. The number of hydrogen-bond acceptors (Lipinski definition) is 2. The van der Waals surface area contributed by atoms with E-state index >= 15 is 0 Å². The Morgan fingerprint density at radius 3 is 2.35 bits per heavy atom. The van der Waals surface area contributed by atoms with E-state index in [9.17, 15) is 22.0 Å². The fourth-order valence-corrected chi connectivity index (χ4v) is 1.43. The summed E-state index contributed by atoms with van der Waals surface area (Å²) in [5.74, 6) is -0.704. The van der Waals surface area contributed by atoms with E-state index in [1.54, 1.807) is 0 Å². The van der Waals surface area contributed by atoms with Gasteiger partial charge in [-0.1, -0.05) is 0 Å². The van der Waals surface area contributed by atoms with E-state index in [0.29, 0.717) is 6.07 Å². The van der Waals surface area contributed by atoms with Crippen LogP contribution in [0.15, 0.2) is 6.07 Å². The van der Waals surface area contributed by atoms with Crippen molar-refractivity contribution in [3.05, 3.63) is 28.6 Å². The van der Waals surface area contributed by atoms with Crippen LogP contribution in [0.5, 0.6) is 0 Å². The van der Waals surface area contributed by atoms with Gasteiger partial charge in [0.05, 0.1) is 28.8 Å². The van der Waals surface area contributed by atoms with Crippen molar-refractivity contribution in [1.29, 1.82) is 5.26 Å². The minimum absolute atomic E-state index is 0.420. The Morgan fingerprint density at radius 2 is 2.00 bits per heavy atom. The van der Waals surface area contributed by atoms with Crippen LogP contribution in [0.2, 0.25) is 0 Å². The number of nitrogens with zero attached hydrogens (tertiary/aromatic N) is 2. The van der Waals surface area contributed by atoms with Crippen molar-refractivity contribution in [3.8, 4) is 6.07 Å². The normalized spacial score (nSPS) is 11.6. The maximum absolute atomic E-state index is 12.6. The Balaban J connectivity index is 3.55. The molecular weight excluding hydrogens is 267 g/mol. The molecule has 0 radical (unpaired) electrons. The number of nitriles is 1. The summed E-state index contributed by atoms with van der Waals surface area (Å²) in [4.78, 5) is 3.11. The third kappa shape index (κ3) is 2.82. The summed E-state index contributed by atoms with van der Waals surface area (Å²) in [6.07, 6.45) is -7.92. The summed E-state index contributed by atoms with van der Waals surface area (Å²) in [5.41, 5.74) is -3.93. The Kier molecular flexibility index (Phi) is 3.88. The fourth-order valence-electron chi connectivity index (χ4n) is 1.23. The van der Waals surface area contributed by atoms with Crippen molar-refractivity contribution in [2.75, 3.05) is 0 Å². The lowest BCUT2D eigenvalue weighted by Gasteiger charge is -2.13. The highest BCUT2D eigenvalue weighted by Crippen LogP contribution is 2.35. The van der Waals surface area contributed by atoms with Crippen LogP contribution in [0, 0.1) is 11.3 Å². The molecule has 0 aromatic carbocycles. The quantitative estimate of drug-likeness (QED) is 0.607. The lowest BCUT2D eigenvalue weighted by molar-refractivity contribution is -0.138. The first-order chi connectivity index (χ1) is 7.81. The maximum atomic E-state index is 12.6. The van der Waals surface area contributed by atoms with Crippen LogP contribution < -0.4 is 0 Å². The molecule has 0 amide bonds. The van der Waals surface area contributed by atoms with Crippen molar-refractivity contribution >= 4 is 11.6 Å². The van der Waals surface area contributed by atoms with Crippen LogP contribution in [0.3, 0.4) is 0 Å². The van der Waals surface area contributed by atoms with Crippen molar-refractivity contribution in [1.82, 2.24) is 4.98 Å². The van der Waals surface area contributed by atoms with Gasteiger partial charge in [-0.15, -0.1) is 11.6 Å². The van der Waals surface area contributed by atoms with Gasteiger partial charge in [-0.2, -0.15) is 18.4 Å². The average Bonchev–Trinajstić information content (AvgIpc) is 2.25. The minimum atomic E-state index is -4.86. The molecule has 2 nitrogen and oxygen atoms in total. The number of hydrogen-bond donors (Lipinski definition) is 0. The van der Waals surface area contributed by atoms with Crippen molar-refractivity contribution < 1.29 is 22.0 Å². The van der Waals surface area contributed by atoms with Gasteiger partial charge in [0.15, 0.2) is 0 Å². The zero-order chi connectivity index (χ0) is 13.2. The first-order valence-electron chi connectivity index (χ1n) is 4.16. The molecule has 1 aromatic rings. The molecule has 1 heterocycles. The molecule has 0 unspecified atom stereocenters. The van der Waals surface area contributed by atoms with Crippen LogP contribution >= 0.6 is 11.6 Å². The highest BCUT2D eigenvalue weighted by atomic mass is 35.5. The molecule has 0 spiro atoms. The predicted octanol–water partition coefficient (Wildman–Crippen LogP) is 3.65. The smallest absolute Gasteiger partial charge is 0.250 e. The third-order valence-electron chi connectivity index (χ3n) is 1.87. The summed E-state index contributed by atoms with van der Waals surface area (Å²) in [6.45, 7) is 0. The van der Waals surface area contributed by atoms with Gasteiger partial charge < -0.3 is 0 Å². The molecular formula is C9H4ClF5N2. The Hall–Kier alpha value is -1.42. The van der Waals surface area contributed by atoms with E-state index < -0.39 is 41.0 Å². The number of halogens is 6. The maximum Gasteiger partial charge on any atom is 0.419 e. The van der Waals surface area contributed by atoms with E-state index in [1.165, 1.54) is 6.07 Å². The lowest BCUT2D eigenvalue weighted by atomic mass is 10.1. The summed E-state index contributed by atoms with van der Waals surface area (Å²) in [6, 6.07) is 1.64. The van der Waals surface area contributed by atoms with Gasteiger partial charge in [0, 0.05) is 0 Å². The predicted molar refractivity (Wildman–Crippen MR) is 48.5 cm³/mol. The molecule has 0 saturated carbocycles. The lowest BCUT2D eigenvalue weighted by Crippen LogP contribution is -2.14. The number of alkyl halides is 6. The monoisotopic (exact) mass is 270 g/mol. The van der Waals surface area contributed by atoms with Gasteiger partial charge in [-0.25, -0.2) is 13.8 Å². The van der Waals surface area contributed by atoms with E-state index in [4.69, 9.17) is 16.9 Å². The molecule has 0 N–H and O–H groups in total. The van der Waals surface area contributed by atoms with Gasteiger partial charge in [0.2, 0.25) is 0 Å². The Labute approximate surface area is 97.6 Å². The zero-order valence-electron chi connectivity index (χ0n) is 8.02. The van der Waals surface area contributed by atoms with E-state index in [-0.39, 0.29) is 0 Å². The van der Waals surface area contributed by atoms with E-state index in [0.717, 1.165) is 0 Å². The third-order valence-corrected chi connectivity index (χ3v) is 2.12. The molecule has 0 atom stereocenters. The Morgan fingerprint density at radius 1 is 1.41 bits per heavy atom. The molecule has 92 valence electrons. The molecule has 17 heavy (non-hydrogen) atoms.